The van der Waals surface area contributed by atoms with Gasteiger partial charge in [-0.1, -0.05) is 0 Å². The maximum absolute atomic E-state index is 11.0. The highest BCUT2D eigenvalue weighted by molar-refractivity contribution is 6.04. The molecule has 0 saturated heterocycles. The molecular weight excluding hydrogens is 196 g/mol. The molecule has 0 aliphatic heterocycles. The Hall–Kier alpha value is -2.17. The van der Waals surface area contributed by atoms with Crippen LogP contribution < -0.4 is 16.2 Å². The monoisotopic (exact) mass is 206 g/mol. The summed E-state index contributed by atoms with van der Waals surface area (Å²) < 4.78 is 10.2. The van der Waals surface area contributed by atoms with Crippen LogP contribution >= 0.6 is 0 Å². The van der Waals surface area contributed by atoms with E-state index in [1.54, 1.807) is 25.3 Å². The Balaban J connectivity index is 2.70. The van der Waals surface area contributed by atoms with Gasteiger partial charge in [-0.2, -0.15) is 0 Å². The number of rotatable bonds is 2. The van der Waals surface area contributed by atoms with Gasteiger partial charge in [-0.25, -0.2) is 0 Å². The Labute approximate surface area is 85.6 Å². The van der Waals surface area contributed by atoms with E-state index in [2.05, 4.69) is 0 Å². The number of carbonyl (C=O) groups excluding carboxylic acids is 1. The maximum Gasteiger partial charge on any atom is 0.286 e. The van der Waals surface area contributed by atoms with E-state index in [9.17, 15) is 4.79 Å². The second kappa shape index (κ2) is 3.20. The first kappa shape index (κ1) is 9.39. The quantitative estimate of drug-likeness (QED) is 0.770. The molecule has 0 radical (unpaired) electrons. The summed E-state index contributed by atoms with van der Waals surface area (Å²) in [4.78, 5) is 11.0. The third-order valence-electron chi connectivity index (χ3n) is 2.16. The molecule has 2 rings (SSSR count). The number of fused-ring (bicyclic) bond motifs is 1. The fourth-order valence-corrected chi connectivity index (χ4v) is 1.41. The lowest BCUT2D eigenvalue weighted by atomic mass is 10.2. The third-order valence-corrected chi connectivity index (χ3v) is 2.16. The molecule has 0 saturated carbocycles. The number of nitrogen functional groups attached to an aromatic ring is 1. The average molecular weight is 206 g/mol. The Morgan fingerprint density at radius 1 is 1.47 bits per heavy atom. The van der Waals surface area contributed by atoms with Gasteiger partial charge in [0.05, 0.1) is 12.8 Å². The highest BCUT2D eigenvalue weighted by Gasteiger charge is 2.15. The molecule has 15 heavy (non-hydrogen) atoms. The number of anilines is 1. The van der Waals surface area contributed by atoms with Gasteiger partial charge in [-0.3, -0.25) is 4.79 Å². The molecule has 0 bridgehead atoms. The number of ether oxygens (including phenoxy) is 1. The first-order valence-electron chi connectivity index (χ1n) is 4.29. The zero-order valence-corrected chi connectivity index (χ0v) is 8.11. The fraction of sp³-hybridized carbons (Fsp3) is 0.100. The molecule has 2 aromatic rings. The standard InChI is InChI=1S/C10H10N2O3/c1-14-5-2-3-6-7(4-5)15-9(8(6)11)10(12)13/h2-4H,11H2,1H3,(H2,12,13). The molecule has 5 nitrogen and oxygen atoms in total. The first-order valence-corrected chi connectivity index (χ1v) is 4.29. The van der Waals surface area contributed by atoms with Gasteiger partial charge in [0.15, 0.2) is 0 Å². The Kier molecular flexibility index (Phi) is 2.00. The predicted molar refractivity (Wildman–Crippen MR) is 55.7 cm³/mol. The van der Waals surface area contributed by atoms with Crippen LogP contribution in [0.1, 0.15) is 10.6 Å². The lowest BCUT2D eigenvalue weighted by Crippen LogP contribution is -2.11. The lowest BCUT2D eigenvalue weighted by Gasteiger charge is -1.97. The van der Waals surface area contributed by atoms with E-state index in [-0.39, 0.29) is 11.4 Å². The fourth-order valence-electron chi connectivity index (χ4n) is 1.41. The second-order valence-corrected chi connectivity index (χ2v) is 3.07. The number of nitrogens with two attached hydrogens (primary N) is 2. The minimum atomic E-state index is -0.678. The van der Waals surface area contributed by atoms with Crippen LogP contribution in [0.2, 0.25) is 0 Å². The van der Waals surface area contributed by atoms with Gasteiger partial charge in [0.2, 0.25) is 5.76 Å². The van der Waals surface area contributed by atoms with E-state index in [0.717, 1.165) is 0 Å². The van der Waals surface area contributed by atoms with Crippen LogP contribution in [-0.2, 0) is 0 Å². The van der Waals surface area contributed by atoms with Gasteiger partial charge in [0.25, 0.3) is 5.91 Å². The molecule has 0 aliphatic rings. The zero-order chi connectivity index (χ0) is 11.0. The van der Waals surface area contributed by atoms with Crippen molar-refractivity contribution < 1.29 is 13.9 Å². The molecule has 1 aromatic carbocycles. The molecule has 1 aromatic heterocycles. The van der Waals surface area contributed by atoms with Crippen molar-refractivity contribution in [1.82, 2.24) is 0 Å². The molecule has 1 heterocycles. The van der Waals surface area contributed by atoms with Crippen LogP contribution in [0, 0.1) is 0 Å². The van der Waals surface area contributed by atoms with Gasteiger partial charge in [-0.05, 0) is 12.1 Å². The molecule has 0 fully saturated rings. The highest BCUT2D eigenvalue weighted by atomic mass is 16.5. The molecule has 0 aliphatic carbocycles. The minimum absolute atomic E-state index is 0.0155. The van der Waals surface area contributed by atoms with Crippen molar-refractivity contribution in [3.8, 4) is 5.75 Å². The molecule has 1 amide bonds. The van der Waals surface area contributed by atoms with Gasteiger partial charge in [0.1, 0.15) is 11.3 Å². The topological polar surface area (TPSA) is 91.5 Å². The van der Waals surface area contributed by atoms with Gasteiger partial charge in [-0.15, -0.1) is 0 Å². The smallest absolute Gasteiger partial charge is 0.286 e. The highest BCUT2D eigenvalue weighted by Crippen LogP contribution is 2.30. The molecule has 78 valence electrons. The summed E-state index contributed by atoms with van der Waals surface area (Å²) in [7, 11) is 1.54. The molecule has 0 unspecified atom stereocenters. The minimum Gasteiger partial charge on any atom is -0.497 e. The summed E-state index contributed by atoms with van der Waals surface area (Å²) in [6, 6.07) is 5.11. The summed E-state index contributed by atoms with van der Waals surface area (Å²) in [5.41, 5.74) is 11.6. The number of hydrogen-bond acceptors (Lipinski definition) is 4. The number of benzene rings is 1. The Bertz CT molecular complexity index is 531. The normalized spacial score (nSPS) is 10.5. The van der Waals surface area contributed by atoms with Crippen molar-refractivity contribution in [2.75, 3.05) is 12.8 Å². The van der Waals surface area contributed by atoms with Gasteiger partial charge in [0, 0.05) is 11.5 Å². The van der Waals surface area contributed by atoms with Crippen molar-refractivity contribution in [2.24, 2.45) is 5.73 Å². The number of furan rings is 1. The van der Waals surface area contributed by atoms with E-state index >= 15 is 0 Å². The third kappa shape index (κ3) is 1.38. The molecular formula is C10H10N2O3. The Morgan fingerprint density at radius 2 is 2.20 bits per heavy atom. The van der Waals surface area contributed by atoms with Crippen LogP contribution in [0.5, 0.6) is 5.75 Å². The molecule has 0 spiro atoms. The summed E-state index contributed by atoms with van der Waals surface area (Å²) in [5.74, 6) is -0.0619. The SMILES string of the molecule is COc1ccc2c(N)c(C(N)=O)oc2c1. The van der Waals surface area contributed by atoms with Crippen LogP contribution in [0.15, 0.2) is 22.6 Å². The maximum atomic E-state index is 11.0. The van der Waals surface area contributed by atoms with Crippen molar-refractivity contribution in [1.29, 1.82) is 0 Å². The van der Waals surface area contributed by atoms with E-state index in [1.165, 1.54) is 0 Å². The van der Waals surface area contributed by atoms with E-state index in [0.29, 0.717) is 16.7 Å². The van der Waals surface area contributed by atoms with Crippen molar-refractivity contribution in [2.45, 2.75) is 0 Å². The van der Waals surface area contributed by atoms with Crippen LogP contribution in [0.3, 0.4) is 0 Å². The van der Waals surface area contributed by atoms with Crippen LogP contribution in [0.25, 0.3) is 11.0 Å². The average Bonchev–Trinajstić information content (AvgIpc) is 2.55. The number of methoxy groups -OCH3 is 1. The van der Waals surface area contributed by atoms with Crippen molar-refractivity contribution in [3.63, 3.8) is 0 Å². The largest absolute Gasteiger partial charge is 0.497 e. The number of carbonyl (C=O) groups is 1. The van der Waals surface area contributed by atoms with E-state index < -0.39 is 5.91 Å². The summed E-state index contributed by atoms with van der Waals surface area (Å²) in [6.07, 6.45) is 0. The van der Waals surface area contributed by atoms with Crippen LogP contribution in [-0.4, -0.2) is 13.0 Å². The summed E-state index contributed by atoms with van der Waals surface area (Å²) in [6.45, 7) is 0. The summed E-state index contributed by atoms with van der Waals surface area (Å²) >= 11 is 0. The van der Waals surface area contributed by atoms with E-state index in [4.69, 9.17) is 20.6 Å². The lowest BCUT2D eigenvalue weighted by molar-refractivity contribution is 0.0977. The summed E-state index contributed by atoms with van der Waals surface area (Å²) in [5, 5.41) is 0.657. The number of hydrogen-bond donors (Lipinski definition) is 2. The predicted octanol–water partition coefficient (Wildman–Crippen LogP) is 1.12. The van der Waals surface area contributed by atoms with Gasteiger partial charge < -0.3 is 20.6 Å². The van der Waals surface area contributed by atoms with Crippen molar-refractivity contribution in [3.05, 3.63) is 24.0 Å². The molecule has 0 atom stereocenters. The first-order chi connectivity index (χ1) is 7.13. The van der Waals surface area contributed by atoms with E-state index in [1.807, 2.05) is 0 Å². The number of amides is 1. The molecule has 5 heteroatoms. The van der Waals surface area contributed by atoms with Crippen LogP contribution in [0.4, 0.5) is 5.69 Å². The molecule has 4 N–H and O–H groups in total. The zero-order valence-electron chi connectivity index (χ0n) is 8.11. The number of primary amides is 1. The Morgan fingerprint density at radius 3 is 2.80 bits per heavy atom. The van der Waals surface area contributed by atoms with Gasteiger partial charge >= 0.3 is 0 Å². The van der Waals surface area contributed by atoms with Crippen molar-refractivity contribution >= 4 is 22.6 Å². The second-order valence-electron chi connectivity index (χ2n) is 3.07.